The van der Waals surface area contributed by atoms with Gasteiger partial charge in [0.15, 0.2) is 5.96 Å². The highest BCUT2D eigenvalue weighted by Crippen LogP contribution is 2.30. The van der Waals surface area contributed by atoms with E-state index in [4.69, 9.17) is 28.7 Å². The molecule has 38 heteroatoms. The van der Waals surface area contributed by atoms with Crippen LogP contribution in [0.3, 0.4) is 0 Å². The Bertz CT molecular complexity index is 3900. The summed E-state index contributed by atoms with van der Waals surface area (Å²) in [7, 11) is 1.65. The number of aromatic hydroxyl groups is 1. The quantitative estimate of drug-likeness (QED) is 0.0151. The number of phenolic OH excluding ortho intramolecular Hbond substituents is 1. The molecule has 10 atom stereocenters. The van der Waals surface area contributed by atoms with Gasteiger partial charge in [0.1, 0.15) is 77.8 Å². The van der Waals surface area contributed by atoms with Crippen molar-refractivity contribution in [3.05, 3.63) is 101 Å². The van der Waals surface area contributed by atoms with E-state index in [0.29, 0.717) is 43.2 Å². The van der Waals surface area contributed by atoms with E-state index in [1.807, 2.05) is 0 Å². The molecule has 0 unspecified atom stereocenters. The van der Waals surface area contributed by atoms with Gasteiger partial charge in [0, 0.05) is 99.7 Å². The van der Waals surface area contributed by atoms with Crippen LogP contribution in [-0.2, 0) is 86.4 Å². The van der Waals surface area contributed by atoms with E-state index in [-0.39, 0.29) is 80.0 Å². The van der Waals surface area contributed by atoms with Crippen molar-refractivity contribution in [2.24, 2.45) is 39.6 Å². The number of likely N-dealkylation sites (tertiary alicyclic amines) is 1. The SMILES string of the molecule is NCCC(=O)N1CCC[C@H]1C(=O)N[C@@H](Cc1ccc(O)cc1)C(=O)N[C@H]1CSSC[C@@H](C(N)=O)NC(=O)[C@H](CCC(=O)O)NC(=O)[C@H](Cc2c[nH]c3ccc(F)cc23)NC(=O)[C@@H](CCC(N)=O)NC(=O)CCNC(=O)[C@H](CCCN=C(N)N)NC(=O)[C@H](Cc2ccccc2F)NC(=O)[C@H](C2CCCC2)NC1=O. The van der Waals surface area contributed by atoms with Crippen molar-refractivity contribution in [3.63, 3.8) is 0 Å². The number of aromatic amines is 1. The van der Waals surface area contributed by atoms with Gasteiger partial charge in [-0.05, 0) is 110 Å². The number of aliphatic carboxylic acids is 1. The average molecular weight is 1530 g/mol. The standard InChI is InChI=1S/C69H92F2N18O16S2/c70-40-15-18-44-42(32-40)39(33-79-44)31-50-65(102)82-47(20-22-57(94)95)62(99)86-51(59(74)96)34-106-107-35-52(87-63(100)48(29-36-13-16-41(90)17-14-36)84-67(104)53-12-6-28-89(53)56(93)23-25-72)66(103)88-58(37-7-1-2-8-37)68(105)85-49(30-38-9-3-4-10-43(38)71)64(101)81-45(11-5-26-78-69(75)76)60(97)77-27-24-55(92)80-46(61(98)83-50)19-21-54(73)91/h3-4,9-10,13-18,32-33,37,45-53,58,79,90H,1-2,5-8,11-12,19-31,34-35,72H2,(H2,73,91)(H2,74,96)(H,77,97)(H,80,92)(H,81,101)(H,82,102)(H,83,98)(H,84,104)(H,85,105)(H,86,99)(H,87,100)(H,88,103)(H,94,95)(H4,75,76,78)/t45-,46+,47-,48-,49-,50-,51-,52-,53-,58-/m0/s1. The fourth-order valence-electron chi connectivity index (χ4n) is 12.5. The second-order valence-electron chi connectivity index (χ2n) is 26.1. The monoisotopic (exact) mass is 1530 g/mol. The maximum Gasteiger partial charge on any atom is 0.303 e. The Hall–Kier alpha value is -10.6. The fraction of sp³-hybridized carbons (Fsp3) is 0.493. The zero-order valence-electron chi connectivity index (χ0n) is 58.5. The van der Waals surface area contributed by atoms with Crippen molar-refractivity contribution in [2.45, 2.75) is 170 Å². The van der Waals surface area contributed by atoms with Gasteiger partial charge in [0.25, 0.3) is 0 Å². The summed E-state index contributed by atoms with van der Waals surface area (Å²) in [5.41, 5.74) is 29.2. The number of nitrogens with zero attached hydrogens (tertiary/aromatic N) is 2. The number of aromatic nitrogens is 1. The molecule has 1 saturated carbocycles. The molecule has 3 heterocycles. The van der Waals surface area contributed by atoms with E-state index < -0.39 is 224 Å². The molecule has 0 bridgehead atoms. The summed E-state index contributed by atoms with van der Waals surface area (Å²) in [4.78, 5) is 205. The number of nitrogens with two attached hydrogens (primary N) is 5. The van der Waals surface area contributed by atoms with Gasteiger partial charge in [0.05, 0.1) is 0 Å². The highest BCUT2D eigenvalue weighted by Gasteiger charge is 2.41. The molecule has 1 aliphatic carbocycles. The zero-order valence-corrected chi connectivity index (χ0v) is 60.1. The smallest absolute Gasteiger partial charge is 0.303 e. The molecule has 13 amide bonds. The number of amides is 13. The first-order valence-electron chi connectivity index (χ1n) is 34.9. The lowest BCUT2D eigenvalue weighted by Gasteiger charge is -2.30. The molecule has 4 aromatic rings. The van der Waals surface area contributed by atoms with Crippen LogP contribution in [0.1, 0.15) is 107 Å². The van der Waals surface area contributed by atoms with E-state index in [0.717, 1.165) is 39.8 Å². The van der Waals surface area contributed by atoms with Gasteiger partial charge in [-0.2, -0.15) is 0 Å². The molecule has 0 radical (unpaired) electrons. The Balaban J connectivity index is 1.29. The van der Waals surface area contributed by atoms with E-state index in [1.165, 1.54) is 59.6 Å². The normalized spacial score (nSPS) is 22.8. The number of rotatable bonds is 24. The largest absolute Gasteiger partial charge is 0.508 e. The third-order valence-corrected chi connectivity index (χ3v) is 20.6. The molecule has 1 aromatic heterocycles. The van der Waals surface area contributed by atoms with Crippen molar-refractivity contribution in [3.8, 4) is 5.75 Å². The van der Waals surface area contributed by atoms with Crippen LogP contribution < -0.4 is 81.8 Å². The molecule has 2 saturated heterocycles. The molecule has 23 N–H and O–H groups in total. The number of halogens is 2. The number of hydrogen-bond acceptors (Lipinski definition) is 19. The van der Waals surface area contributed by atoms with Gasteiger partial charge >= 0.3 is 5.97 Å². The number of primary amides is 2. The van der Waals surface area contributed by atoms with Crippen molar-refractivity contribution in [2.75, 3.05) is 37.7 Å². The van der Waals surface area contributed by atoms with E-state index in [1.54, 1.807) is 0 Å². The van der Waals surface area contributed by atoms with Crippen LogP contribution in [0.2, 0.25) is 0 Å². The minimum absolute atomic E-state index is 0.00313. The zero-order chi connectivity index (χ0) is 77.9. The summed E-state index contributed by atoms with van der Waals surface area (Å²) in [5, 5.41) is 46.1. The van der Waals surface area contributed by atoms with Gasteiger partial charge in [0.2, 0.25) is 76.8 Å². The van der Waals surface area contributed by atoms with Gasteiger partial charge in [-0.15, -0.1) is 0 Å². The number of carboxylic acid groups (broad SMARTS) is 1. The fourth-order valence-corrected chi connectivity index (χ4v) is 14.9. The van der Waals surface area contributed by atoms with Crippen LogP contribution in [0.4, 0.5) is 8.78 Å². The minimum Gasteiger partial charge on any atom is -0.508 e. The summed E-state index contributed by atoms with van der Waals surface area (Å²) in [5.74, 6) is -17.2. The van der Waals surface area contributed by atoms with Crippen molar-refractivity contribution < 1.29 is 86.1 Å². The molecule has 0 spiro atoms. The number of hydrogen-bond donors (Lipinski definition) is 18. The van der Waals surface area contributed by atoms with E-state index in [2.05, 4.69) is 63.1 Å². The molecule has 3 aromatic carbocycles. The predicted molar refractivity (Wildman–Crippen MR) is 389 cm³/mol. The maximum atomic E-state index is 15.7. The third-order valence-electron chi connectivity index (χ3n) is 18.2. The van der Waals surface area contributed by atoms with Crippen LogP contribution in [-0.4, -0.2) is 207 Å². The number of phenols is 1. The third kappa shape index (κ3) is 26.1. The molecule has 7 rings (SSSR count). The van der Waals surface area contributed by atoms with E-state index >= 15 is 18.8 Å². The second-order valence-corrected chi connectivity index (χ2v) is 28.7. The summed E-state index contributed by atoms with van der Waals surface area (Å²) in [6.45, 7) is -0.330. The molecular weight excluding hydrogens is 1440 g/mol. The van der Waals surface area contributed by atoms with Crippen LogP contribution in [0, 0.1) is 17.6 Å². The average Bonchev–Trinajstić information content (AvgIpc) is 1.71. The van der Waals surface area contributed by atoms with Crippen molar-refractivity contribution in [1.82, 2.24) is 63.1 Å². The Labute approximate surface area is 621 Å². The first-order chi connectivity index (χ1) is 51.1. The topological polar surface area (TPSA) is 561 Å². The first-order valence-corrected chi connectivity index (χ1v) is 37.4. The van der Waals surface area contributed by atoms with E-state index in [9.17, 15) is 67.3 Å². The number of carboxylic acids is 1. The number of aliphatic imine (C=N–C) groups is 1. The minimum atomic E-state index is -1.81. The number of H-pyrrole nitrogens is 1. The summed E-state index contributed by atoms with van der Waals surface area (Å²) in [6.07, 6.45) is -0.521. The highest BCUT2D eigenvalue weighted by atomic mass is 33.1. The maximum absolute atomic E-state index is 15.7. The lowest BCUT2D eigenvalue weighted by molar-refractivity contribution is -0.139. The van der Waals surface area contributed by atoms with Crippen LogP contribution in [0.5, 0.6) is 5.75 Å². The van der Waals surface area contributed by atoms with Crippen molar-refractivity contribution in [1.29, 1.82) is 0 Å². The molecular formula is C69H92F2N18O16S2. The van der Waals surface area contributed by atoms with Gasteiger partial charge < -0.3 is 102 Å². The molecule has 34 nitrogen and oxygen atoms in total. The van der Waals surface area contributed by atoms with Crippen LogP contribution in [0.15, 0.2) is 77.9 Å². The Morgan fingerprint density at radius 3 is 1.95 bits per heavy atom. The molecule has 3 fully saturated rings. The number of carbonyl (C=O) groups excluding carboxylic acids is 13. The Morgan fingerprint density at radius 2 is 1.29 bits per heavy atom. The van der Waals surface area contributed by atoms with Gasteiger partial charge in [-0.3, -0.25) is 72.1 Å². The van der Waals surface area contributed by atoms with Crippen LogP contribution in [0.25, 0.3) is 10.9 Å². The predicted octanol–water partition coefficient (Wildman–Crippen LogP) is -2.36. The number of nitrogens with one attached hydrogen (secondary N) is 11. The molecule has 107 heavy (non-hydrogen) atoms. The van der Waals surface area contributed by atoms with Gasteiger partial charge in [-0.1, -0.05) is 64.8 Å². The van der Waals surface area contributed by atoms with Crippen molar-refractivity contribution >= 4 is 121 Å². The lowest BCUT2D eigenvalue weighted by Crippen LogP contribution is -2.61. The number of fused-ring (bicyclic) bond motifs is 1. The summed E-state index contributed by atoms with van der Waals surface area (Å²) >= 11 is 0. The van der Waals surface area contributed by atoms with Gasteiger partial charge in [-0.25, -0.2) is 8.78 Å². The molecule has 2 aliphatic heterocycles. The molecule has 3 aliphatic rings. The van der Waals surface area contributed by atoms with Crippen LogP contribution >= 0.6 is 21.6 Å². The first kappa shape index (κ1) is 83.6. The molecule has 580 valence electrons. The second kappa shape index (κ2) is 41.3. The summed E-state index contributed by atoms with van der Waals surface area (Å²) in [6, 6.07) is -1.13. The summed E-state index contributed by atoms with van der Waals surface area (Å²) < 4.78 is 30.5. The lowest BCUT2D eigenvalue weighted by atomic mass is 9.95. The number of guanidine groups is 1. The Kier molecular flexibility index (Phi) is 32.3. The highest BCUT2D eigenvalue weighted by molar-refractivity contribution is 8.76. The number of benzene rings is 3. The Morgan fingerprint density at radius 1 is 0.664 bits per heavy atom. The number of carbonyl (C=O) groups is 14.